The van der Waals surface area contributed by atoms with Crippen molar-refractivity contribution in [2.24, 2.45) is 5.92 Å². The molecule has 0 unspecified atom stereocenters. The van der Waals surface area contributed by atoms with Crippen molar-refractivity contribution in [3.8, 4) is 11.5 Å². The first kappa shape index (κ1) is 12.9. The summed E-state index contributed by atoms with van der Waals surface area (Å²) in [6, 6.07) is 7.49. The van der Waals surface area contributed by atoms with Crippen LogP contribution in [0.5, 0.6) is 11.5 Å². The molecule has 1 aliphatic rings. The summed E-state index contributed by atoms with van der Waals surface area (Å²) >= 11 is 0. The summed E-state index contributed by atoms with van der Waals surface area (Å²) in [5, 5.41) is 0. The van der Waals surface area contributed by atoms with Gasteiger partial charge >= 0.3 is 0 Å². The van der Waals surface area contributed by atoms with Gasteiger partial charge in [0.05, 0.1) is 6.61 Å². The number of hydrogen-bond acceptors (Lipinski definition) is 3. The second kappa shape index (κ2) is 6.43. The number of carbonyl (C=O) groups excluding carboxylic acids is 1. The lowest BCUT2D eigenvalue weighted by Gasteiger charge is -2.12. The molecule has 98 valence electrons. The lowest BCUT2D eigenvalue weighted by atomic mass is 10.0. The molecule has 3 nitrogen and oxygen atoms in total. The van der Waals surface area contributed by atoms with Crippen molar-refractivity contribution in [1.29, 1.82) is 0 Å². The molecular formula is C15H20O3. The molecule has 0 aliphatic heterocycles. The molecule has 0 spiro atoms. The van der Waals surface area contributed by atoms with Crippen LogP contribution in [0.4, 0.5) is 0 Å². The number of rotatable bonds is 6. The van der Waals surface area contributed by atoms with Gasteiger partial charge in [-0.3, -0.25) is 4.79 Å². The fraction of sp³-hybridized carbons (Fsp3) is 0.533. The van der Waals surface area contributed by atoms with Gasteiger partial charge in [-0.1, -0.05) is 25.0 Å². The maximum Gasteiger partial charge on any atom is 0.173 e. The van der Waals surface area contributed by atoms with Crippen molar-refractivity contribution in [1.82, 2.24) is 0 Å². The number of ketones is 1. The maximum absolute atomic E-state index is 11.9. The molecule has 0 heterocycles. The average molecular weight is 248 g/mol. The van der Waals surface area contributed by atoms with Gasteiger partial charge in [0.1, 0.15) is 6.61 Å². The van der Waals surface area contributed by atoms with E-state index < -0.39 is 0 Å². The Balaban J connectivity index is 1.90. The molecule has 0 amide bonds. The number of carbonyl (C=O) groups is 1. The van der Waals surface area contributed by atoms with Crippen LogP contribution in [0, 0.1) is 5.92 Å². The lowest BCUT2D eigenvalue weighted by Crippen LogP contribution is -2.19. The molecule has 0 N–H and O–H groups in total. The zero-order valence-electron chi connectivity index (χ0n) is 10.9. The van der Waals surface area contributed by atoms with E-state index in [1.165, 1.54) is 12.8 Å². The van der Waals surface area contributed by atoms with Crippen LogP contribution in [0.25, 0.3) is 0 Å². The SMILES string of the molecule is CCOc1ccccc1OCC(=O)C1CCCC1. The Morgan fingerprint density at radius 2 is 1.78 bits per heavy atom. The lowest BCUT2D eigenvalue weighted by molar-refractivity contribution is -0.124. The van der Waals surface area contributed by atoms with E-state index >= 15 is 0 Å². The highest BCUT2D eigenvalue weighted by Crippen LogP contribution is 2.28. The minimum Gasteiger partial charge on any atom is -0.490 e. The van der Waals surface area contributed by atoms with Crippen LogP contribution < -0.4 is 9.47 Å². The minimum absolute atomic E-state index is 0.161. The second-order valence-electron chi connectivity index (χ2n) is 4.62. The van der Waals surface area contributed by atoms with E-state index in [2.05, 4.69) is 0 Å². The summed E-state index contributed by atoms with van der Waals surface area (Å²) in [7, 11) is 0. The summed E-state index contributed by atoms with van der Waals surface area (Å²) < 4.78 is 11.0. The minimum atomic E-state index is 0.161. The van der Waals surface area contributed by atoms with Gasteiger partial charge in [0.25, 0.3) is 0 Å². The van der Waals surface area contributed by atoms with Crippen LogP contribution in [0.2, 0.25) is 0 Å². The molecular weight excluding hydrogens is 228 g/mol. The van der Waals surface area contributed by atoms with Gasteiger partial charge in [-0.25, -0.2) is 0 Å². The van der Waals surface area contributed by atoms with Crippen molar-refractivity contribution < 1.29 is 14.3 Å². The molecule has 1 aromatic carbocycles. The van der Waals surface area contributed by atoms with Crippen LogP contribution in [0.3, 0.4) is 0 Å². The Kier molecular flexibility index (Phi) is 4.62. The molecule has 1 saturated carbocycles. The van der Waals surface area contributed by atoms with Gasteiger partial charge in [0.15, 0.2) is 17.3 Å². The number of ether oxygens (including phenoxy) is 2. The van der Waals surface area contributed by atoms with Crippen molar-refractivity contribution in [3.05, 3.63) is 24.3 Å². The third-order valence-corrected chi connectivity index (χ3v) is 3.33. The van der Waals surface area contributed by atoms with Crippen LogP contribution >= 0.6 is 0 Å². The Bertz CT molecular complexity index is 394. The third kappa shape index (κ3) is 3.25. The van der Waals surface area contributed by atoms with Gasteiger partial charge in [-0.2, -0.15) is 0 Å². The topological polar surface area (TPSA) is 35.5 Å². The smallest absolute Gasteiger partial charge is 0.173 e. The Labute approximate surface area is 108 Å². The first-order valence-electron chi connectivity index (χ1n) is 6.68. The van der Waals surface area contributed by atoms with E-state index in [1.54, 1.807) is 0 Å². The maximum atomic E-state index is 11.9. The second-order valence-corrected chi connectivity index (χ2v) is 4.62. The predicted molar refractivity (Wildman–Crippen MR) is 70.1 cm³/mol. The fourth-order valence-electron chi connectivity index (χ4n) is 2.36. The van der Waals surface area contributed by atoms with Crippen molar-refractivity contribution >= 4 is 5.78 Å². The van der Waals surface area contributed by atoms with Crippen molar-refractivity contribution in [3.63, 3.8) is 0 Å². The molecule has 0 bridgehead atoms. The van der Waals surface area contributed by atoms with Crippen molar-refractivity contribution in [2.75, 3.05) is 13.2 Å². The number of para-hydroxylation sites is 2. The normalized spacial score (nSPS) is 15.6. The largest absolute Gasteiger partial charge is 0.490 e. The molecule has 3 heteroatoms. The molecule has 0 aromatic heterocycles. The highest BCUT2D eigenvalue weighted by molar-refractivity contribution is 5.82. The van der Waals surface area contributed by atoms with Gasteiger partial charge in [0.2, 0.25) is 0 Å². The molecule has 1 fully saturated rings. The summed E-state index contributed by atoms with van der Waals surface area (Å²) in [6.45, 7) is 2.69. The fourth-order valence-corrected chi connectivity index (χ4v) is 2.36. The standard InChI is InChI=1S/C15H20O3/c1-2-17-14-9-5-6-10-15(14)18-11-13(16)12-7-3-4-8-12/h5-6,9-10,12H,2-4,7-8,11H2,1H3. The van der Waals surface area contributed by atoms with Gasteiger partial charge in [-0.05, 0) is 31.9 Å². The Morgan fingerprint density at radius 1 is 1.17 bits per heavy atom. The molecule has 1 aliphatic carbocycles. The van der Waals surface area contributed by atoms with Gasteiger partial charge < -0.3 is 9.47 Å². The van der Waals surface area contributed by atoms with E-state index in [0.29, 0.717) is 18.1 Å². The van der Waals surface area contributed by atoms with E-state index in [0.717, 1.165) is 12.8 Å². The first-order valence-corrected chi connectivity index (χ1v) is 6.68. The Hall–Kier alpha value is -1.51. The quantitative estimate of drug-likeness (QED) is 0.775. The van der Waals surface area contributed by atoms with E-state index in [-0.39, 0.29) is 18.3 Å². The third-order valence-electron chi connectivity index (χ3n) is 3.33. The molecule has 0 atom stereocenters. The molecule has 0 saturated heterocycles. The van der Waals surface area contributed by atoms with E-state index in [9.17, 15) is 4.79 Å². The van der Waals surface area contributed by atoms with E-state index in [1.807, 2.05) is 31.2 Å². The number of Topliss-reactive ketones (excluding diaryl/α,β-unsaturated/α-hetero) is 1. The summed E-state index contributed by atoms with van der Waals surface area (Å²) in [5.41, 5.74) is 0. The highest BCUT2D eigenvalue weighted by atomic mass is 16.5. The summed E-state index contributed by atoms with van der Waals surface area (Å²) in [5.74, 6) is 1.80. The van der Waals surface area contributed by atoms with Crippen LogP contribution in [-0.2, 0) is 4.79 Å². The van der Waals surface area contributed by atoms with Gasteiger partial charge in [0, 0.05) is 5.92 Å². The first-order chi connectivity index (χ1) is 8.81. The van der Waals surface area contributed by atoms with E-state index in [4.69, 9.17) is 9.47 Å². The molecule has 1 aromatic rings. The average Bonchev–Trinajstić information content (AvgIpc) is 2.92. The predicted octanol–water partition coefficient (Wildman–Crippen LogP) is 3.22. The zero-order valence-corrected chi connectivity index (χ0v) is 10.9. The highest BCUT2D eigenvalue weighted by Gasteiger charge is 2.23. The summed E-state index contributed by atoms with van der Waals surface area (Å²) in [4.78, 5) is 11.9. The zero-order chi connectivity index (χ0) is 12.8. The monoisotopic (exact) mass is 248 g/mol. The Morgan fingerprint density at radius 3 is 2.39 bits per heavy atom. The molecule has 2 rings (SSSR count). The van der Waals surface area contributed by atoms with Crippen LogP contribution in [0.1, 0.15) is 32.6 Å². The number of hydrogen-bond donors (Lipinski definition) is 0. The molecule has 18 heavy (non-hydrogen) atoms. The van der Waals surface area contributed by atoms with Gasteiger partial charge in [-0.15, -0.1) is 0 Å². The summed E-state index contributed by atoms with van der Waals surface area (Å²) in [6.07, 6.45) is 4.39. The molecule has 0 radical (unpaired) electrons. The number of benzene rings is 1. The van der Waals surface area contributed by atoms with Crippen LogP contribution in [-0.4, -0.2) is 19.0 Å². The van der Waals surface area contributed by atoms with Crippen LogP contribution in [0.15, 0.2) is 24.3 Å². The van der Waals surface area contributed by atoms with Crippen molar-refractivity contribution in [2.45, 2.75) is 32.6 Å².